The highest BCUT2D eigenvalue weighted by Crippen LogP contribution is 2.49. The molecule has 0 unspecified atom stereocenters. The van der Waals surface area contributed by atoms with Gasteiger partial charge in [-0.2, -0.15) is 0 Å². The van der Waals surface area contributed by atoms with Gasteiger partial charge in [-0.25, -0.2) is 4.98 Å². The van der Waals surface area contributed by atoms with Crippen molar-refractivity contribution in [2.24, 2.45) is 0 Å². The minimum Gasteiger partial charge on any atom is -0.435 e. The molecule has 11 rings (SSSR count). The van der Waals surface area contributed by atoms with Gasteiger partial charge in [-0.3, -0.25) is 0 Å². The first kappa shape index (κ1) is 29.7. The molecule has 0 saturated heterocycles. The van der Waals surface area contributed by atoms with Gasteiger partial charge >= 0.3 is 0 Å². The minimum atomic E-state index is 0.640. The molecule has 0 amide bonds. The molecule has 0 radical (unpaired) electrons. The number of nitrogens with zero attached hydrogens (tertiary/aromatic N) is 1. The first-order valence-corrected chi connectivity index (χ1v) is 18.1. The summed E-state index contributed by atoms with van der Waals surface area (Å²) >= 11 is 0. The maximum atomic E-state index is 6.52. The van der Waals surface area contributed by atoms with E-state index in [4.69, 9.17) is 9.40 Å². The SMILES string of the molecule is c1ccc(-c2nc3ccc4ccc5cc(-c6c7ccccc7c(-c7c(-c8ccccc8)ccc8ccccc78)c7ccccc67)ccc5c4c3o2)cc1. The van der Waals surface area contributed by atoms with Gasteiger partial charge in [0, 0.05) is 10.9 Å². The van der Waals surface area contributed by atoms with Gasteiger partial charge in [-0.05, 0) is 106 Å². The van der Waals surface area contributed by atoms with Crippen LogP contribution in [0.2, 0.25) is 0 Å². The van der Waals surface area contributed by atoms with Gasteiger partial charge < -0.3 is 4.42 Å². The Morgan fingerprint density at radius 3 is 1.62 bits per heavy atom. The van der Waals surface area contributed by atoms with Crippen molar-refractivity contribution in [1.82, 2.24) is 4.98 Å². The maximum Gasteiger partial charge on any atom is 0.227 e. The zero-order valence-electron chi connectivity index (χ0n) is 28.8. The molecule has 0 N–H and O–H groups in total. The van der Waals surface area contributed by atoms with Crippen molar-refractivity contribution < 1.29 is 4.42 Å². The average Bonchev–Trinajstić information content (AvgIpc) is 3.68. The third kappa shape index (κ3) is 4.63. The number of benzene rings is 10. The van der Waals surface area contributed by atoms with E-state index in [-0.39, 0.29) is 0 Å². The summed E-state index contributed by atoms with van der Waals surface area (Å²) in [5, 5.41) is 12.0. The lowest BCUT2D eigenvalue weighted by Crippen LogP contribution is -1.94. The van der Waals surface area contributed by atoms with Crippen molar-refractivity contribution in [3.63, 3.8) is 0 Å². The Kier molecular flexibility index (Phi) is 6.59. The summed E-state index contributed by atoms with van der Waals surface area (Å²) in [7, 11) is 0. The topological polar surface area (TPSA) is 26.0 Å². The summed E-state index contributed by atoms with van der Waals surface area (Å²) in [5.41, 5.74) is 10.1. The summed E-state index contributed by atoms with van der Waals surface area (Å²) in [6.45, 7) is 0. The van der Waals surface area contributed by atoms with E-state index in [0.717, 1.165) is 38.2 Å². The van der Waals surface area contributed by atoms with E-state index in [2.05, 4.69) is 158 Å². The highest BCUT2D eigenvalue weighted by Gasteiger charge is 2.21. The second-order valence-electron chi connectivity index (χ2n) is 13.8. The lowest BCUT2D eigenvalue weighted by atomic mass is 9.82. The summed E-state index contributed by atoms with van der Waals surface area (Å²) in [6.07, 6.45) is 0. The fourth-order valence-corrected chi connectivity index (χ4v) is 8.50. The zero-order valence-corrected chi connectivity index (χ0v) is 28.8. The van der Waals surface area contributed by atoms with E-state index >= 15 is 0 Å². The van der Waals surface area contributed by atoms with Gasteiger partial charge in [-0.1, -0.05) is 164 Å². The van der Waals surface area contributed by atoms with Gasteiger partial charge in [0.05, 0.1) is 0 Å². The lowest BCUT2D eigenvalue weighted by Gasteiger charge is -2.21. The fraction of sp³-hybridized carbons (Fsp3) is 0. The zero-order chi connectivity index (χ0) is 34.9. The van der Waals surface area contributed by atoms with Crippen LogP contribution in [0.15, 0.2) is 192 Å². The number of hydrogen-bond acceptors (Lipinski definition) is 2. The van der Waals surface area contributed by atoms with Crippen LogP contribution in [0.3, 0.4) is 0 Å². The first-order chi connectivity index (χ1) is 26.3. The van der Waals surface area contributed by atoms with Crippen LogP contribution in [0.4, 0.5) is 0 Å². The van der Waals surface area contributed by atoms with E-state index < -0.39 is 0 Å². The van der Waals surface area contributed by atoms with Crippen LogP contribution in [0, 0.1) is 0 Å². The largest absolute Gasteiger partial charge is 0.435 e. The molecular formula is C51H31NO. The van der Waals surface area contributed by atoms with Crippen molar-refractivity contribution in [1.29, 1.82) is 0 Å². The Bertz CT molecular complexity index is 3160. The molecule has 1 aromatic heterocycles. The number of rotatable bonds is 4. The van der Waals surface area contributed by atoms with Gasteiger partial charge in [-0.15, -0.1) is 0 Å². The van der Waals surface area contributed by atoms with Crippen molar-refractivity contribution in [3.8, 4) is 44.8 Å². The summed E-state index contributed by atoms with van der Waals surface area (Å²) < 4.78 is 6.52. The Morgan fingerprint density at radius 1 is 0.340 bits per heavy atom. The van der Waals surface area contributed by atoms with Gasteiger partial charge in [0.2, 0.25) is 5.89 Å². The molecule has 53 heavy (non-hydrogen) atoms. The van der Waals surface area contributed by atoms with Crippen LogP contribution in [0.1, 0.15) is 0 Å². The molecule has 0 saturated carbocycles. The summed E-state index contributed by atoms with van der Waals surface area (Å²) in [4.78, 5) is 4.88. The van der Waals surface area contributed by atoms with Crippen molar-refractivity contribution in [3.05, 3.63) is 188 Å². The standard InChI is InChI=1S/C51H31NO/c1-3-13-32(14-4-1)39-28-25-33-15-7-8-18-38(33)48(39)49-43-21-11-9-19-41(43)46(42-20-10-12-22-44(42)49)37-26-29-40-36(31-37)24-23-34-27-30-45-50(47(34)40)53-51(52-45)35-16-5-2-6-17-35/h1-31H. The van der Waals surface area contributed by atoms with Gasteiger partial charge in [0.15, 0.2) is 5.58 Å². The molecule has 0 aliphatic carbocycles. The monoisotopic (exact) mass is 673 g/mol. The molecule has 10 aromatic carbocycles. The Balaban J connectivity index is 1.19. The molecule has 0 aliphatic heterocycles. The number of aromatic nitrogens is 1. The molecule has 0 bridgehead atoms. The van der Waals surface area contributed by atoms with E-state index in [1.54, 1.807) is 0 Å². The van der Waals surface area contributed by atoms with Gasteiger partial charge in [0.1, 0.15) is 5.52 Å². The van der Waals surface area contributed by atoms with Crippen LogP contribution >= 0.6 is 0 Å². The molecule has 0 aliphatic rings. The molecule has 1 heterocycles. The van der Waals surface area contributed by atoms with Crippen molar-refractivity contribution in [2.75, 3.05) is 0 Å². The van der Waals surface area contributed by atoms with Crippen molar-refractivity contribution in [2.45, 2.75) is 0 Å². The number of oxazole rings is 1. The molecule has 246 valence electrons. The Labute approximate surface area is 306 Å². The highest BCUT2D eigenvalue weighted by molar-refractivity contribution is 6.26. The van der Waals surface area contributed by atoms with Gasteiger partial charge in [0.25, 0.3) is 0 Å². The highest BCUT2D eigenvalue weighted by atomic mass is 16.3. The van der Waals surface area contributed by atoms with E-state index in [1.165, 1.54) is 65.7 Å². The predicted octanol–water partition coefficient (Wildman–Crippen LogP) is 14.3. The molecule has 0 atom stereocenters. The van der Waals surface area contributed by atoms with Crippen LogP contribution in [-0.4, -0.2) is 4.98 Å². The summed E-state index contributed by atoms with van der Waals surface area (Å²) in [6, 6.07) is 67.7. The van der Waals surface area contributed by atoms with E-state index in [1.807, 2.05) is 30.3 Å². The normalized spacial score (nSPS) is 11.8. The molecular weight excluding hydrogens is 643 g/mol. The van der Waals surface area contributed by atoms with Crippen LogP contribution in [0.25, 0.3) is 110 Å². The quantitative estimate of drug-likeness (QED) is 0.137. The van der Waals surface area contributed by atoms with Crippen molar-refractivity contribution >= 4 is 65.0 Å². The van der Waals surface area contributed by atoms with E-state index in [9.17, 15) is 0 Å². The van der Waals surface area contributed by atoms with E-state index in [0.29, 0.717) is 5.89 Å². The smallest absolute Gasteiger partial charge is 0.227 e. The van der Waals surface area contributed by atoms with Crippen LogP contribution in [-0.2, 0) is 0 Å². The Morgan fingerprint density at radius 2 is 0.906 bits per heavy atom. The summed E-state index contributed by atoms with van der Waals surface area (Å²) in [5.74, 6) is 0.640. The maximum absolute atomic E-state index is 6.52. The lowest BCUT2D eigenvalue weighted by molar-refractivity contribution is 0.623. The molecule has 0 fully saturated rings. The molecule has 0 spiro atoms. The predicted molar refractivity (Wildman–Crippen MR) is 223 cm³/mol. The number of hydrogen-bond donors (Lipinski definition) is 0. The minimum absolute atomic E-state index is 0.640. The second kappa shape index (κ2) is 11.8. The average molecular weight is 674 g/mol. The van der Waals surface area contributed by atoms with Crippen LogP contribution in [0.5, 0.6) is 0 Å². The van der Waals surface area contributed by atoms with Crippen LogP contribution < -0.4 is 0 Å². The molecule has 11 aromatic rings. The molecule has 2 heteroatoms. The third-order valence-electron chi connectivity index (χ3n) is 10.9. The first-order valence-electron chi connectivity index (χ1n) is 18.1. The Hall–Kier alpha value is -7.03. The third-order valence-corrected chi connectivity index (χ3v) is 10.9. The number of fused-ring (bicyclic) bond motifs is 8. The fourth-order valence-electron chi connectivity index (χ4n) is 8.50. The second-order valence-corrected chi connectivity index (χ2v) is 13.8. The molecule has 2 nitrogen and oxygen atoms in total.